The number of nitrogens with zero attached hydrogens (tertiary/aromatic N) is 1. The maximum atomic E-state index is 12.5. The fourth-order valence-corrected chi connectivity index (χ4v) is 2.61. The van der Waals surface area contributed by atoms with E-state index in [2.05, 4.69) is 0 Å². The molecule has 1 aromatic rings. The van der Waals surface area contributed by atoms with Crippen molar-refractivity contribution in [2.45, 2.75) is 31.7 Å². The summed E-state index contributed by atoms with van der Waals surface area (Å²) in [5, 5.41) is 9.63. The smallest absolute Gasteiger partial charge is 0.326 e. The highest BCUT2D eigenvalue weighted by Gasteiger charge is 2.31. The lowest BCUT2D eigenvalue weighted by atomic mass is 10.1. The molecule has 0 radical (unpaired) electrons. The van der Waals surface area contributed by atoms with Crippen LogP contribution in [0.1, 0.15) is 36.0 Å². The van der Waals surface area contributed by atoms with Gasteiger partial charge in [0.15, 0.2) is 0 Å². The third-order valence-corrected chi connectivity index (χ3v) is 3.73. The first-order chi connectivity index (χ1) is 9.11. The summed E-state index contributed by atoms with van der Waals surface area (Å²) in [6, 6.07) is 6.01. The van der Waals surface area contributed by atoms with Crippen molar-refractivity contribution < 1.29 is 14.7 Å². The van der Waals surface area contributed by atoms with Crippen LogP contribution in [0.15, 0.2) is 24.3 Å². The van der Waals surface area contributed by atoms with Crippen LogP contribution in [0.5, 0.6) is 0 Å². The molecule has 1 saturated heterocycles. The van der Waals surface area contributed by atoms with Gasteiger partial charge in [-0.3, -0.25) is 4.79 Å². The zero-order valence-corrected chi connectivity index (χ0v) is 11.3. The summed E-state index contributed by atoms with van der Waals surface area (Å²) in [5.74, 6) is -1.23. The van der Waals surface area contributed by atoms with E-state index in [1.807, 2.05) is 0 Å². The summed E-state index contributed by atoms with van der Waals surface area (Å²) < 4.78 is 0. The summed E-state index contributed by atoms with van der Waals surface area (Å²) in [5.41, 5.74) is 0.373. The lowest BCUT2D eigenvalue weighted by Crippen LogP contribution is -2.44. The van der Waals surface area contributed by atoms with Gasteiger partial charge in [0.05, 0.1) is 10.6 Å². The number of rotatable bonds is 2. The van der Waals surface area contributed by atoms with Crippen LogP contribution in [0, 0.1) is 0 Å². The second kappa shape index (κ2) is 6.06. The topological polar surface area (TPSA) is 57.6 Å². The number of hydrogen-bond donors (Lipinski definition) is 1. The molecule has 1 N–H and O–H groups in total. The van der Waals surface area contributed by atoms with Gasteiger partial charge in [-0.25, -0.2) is 4.79 Å². The van der Waals surface area contributed by atoms with Crippen molar-refractivity contribution in [1.82, 2.24) is 4.90 Å². The summed E-state index contributed by atoms with van der Waals surface area (Å²) >= 11 is 6.01. The Balaban J connectivity index is 2.29. The molecule has 1 aromatic carbocycles. The van der Waals surface area contributed by atoms with Gasteiger partial charge in [0.1, 0.15) is 6.04 Å². The van der Waals surface area contributed by atoms with Crippen LogP contribution in [0.2, 0.25) is 5.02 Å². The number of benzene rings is 1. The van der Waals surface area contributed by atoms with E-state index < -0.39 is 12.0 Å². The second-order valence-electron chi connectivity index (χ2n) is 4.68. The Labute approximate surface area is 117 Å². The molecule has 0 aliphatic carbocycles. The van der Waals surface area contributed by atoms with Crippen LogP contribution >= 0.6 is 11.6 Å². The number of carbonyl (C=O) groups excluding carboxylic acids is 1. The molecule has 1 fully saturated rings. The maximum Gasteiger partial charge on any atom is 0.326 e. The van der Waals surface area contributed by atoms with E-state index in [0.717, 1.165) is 19.3 Å². The van der Waals surface area contributed by atoms with E-state index in [-0.39, 0.29) is 5.91 Å². The number of carboxylic acids is 1. The molecule has 1 amide bonds. The molecule has 0 saturated carbocycles. The van der Waals surface area contributed by atoms with Crippen molar-refractivity contribution >= 4 is 23.5 Å². The number of hydrogen-bond acceptors (Lipinski definition) is 2. The first-order valence-corrected chi connectivity index (χ1v) is 6.77. The van der Waals surface area contributed by atoms with Gasteiger partial charge in [0.2, 0.25) is 0 Å². The maximum absolute atomic E-state index is 12.5. The highest BCUT2D eigenvalue weighted by atomic mass is 35.5. The van der Waals surface area contributed by atoms with E-state index in [0.29, 0.717) is 23.6 Å². The molecule has 102 valence electrons. The minimum Gasteiger partial charge on any atom is -0.480 e. The Morgan fingerprint density at radius 3 is 2.63 bits per heavy atom. The summed E-state index contributed by atoms with van der Waals surface area (Å²) in [6.45, 7) is 0.473. The third-order valence-electron chi connectivity index (χ3n) is 3.40. The Bertz CT molecular complexity index is 489. The molecule has 1 aliphatic rings. The first kappa shape index (κ1) is 13.9. The standard InChI is InChI=1S/C14H16ClNO3/c15-11-7-4-3-6-10(11)13(17)16-9-5-1-2-8-12(16)14(18)19/h3-4,6-7,12H,1-2,5,8-9H2,(H,18,19). The predicted molar refractivity (Wildman–Crippen MR) is 72.4 cm³/mol. The Kier molecular flexibility index (Phi) is 4.43. The highest BCUT2D eigenvalue weighted by molar-refractivity contribution is 6.33. The fraction of sp³-hybridized carbons (Fsp3) is 0.429. The number of halogens is 1. The van der Waals surface area contributed by atoms with Gasteiger partial charge in [0.25, 0.3) is 5.91 Å². The zero-order valence-electron chi connectivity index (χ0n) is 10.5. The van der Waals surface area contributed by atoms with Crippen molar-refractivity contribution in [2.24, 2.45) is 0 Å². The molecule has 0 spiro atoms. The molecule has 1 atom stereocenters. The molecule has 1 unspecified atom stereocenters. The fourth-order valence-electron chi connectivity index (χ4n) is 2.40. The minimum absolute atomic E-state index is 0.292. The lowest BCUT2D eigenvalue weighted by molar-refractivity contribution is -0.142. The van der Waals surface area contributed by atoms with E-state index >= 15 is 0 Å². The zero-order chi connectivity index (χ0) is 13.8. The van der Waals surface area contributed by atoms with Gasteiger partial charge in [-0.2, -0.15) is 0 Å². The van der Waals surface area contributed by atoms with Gasteiger partial charge in [-0.1, -0.05) is 36.6 Å². The van der Waals surface area contributed by atoms with Gasteiger partial charge in [-0.15, -0.1) is 0 Å². The van der Waals surface area contributed by atoms with Crippen molar-refractivity contribution in [3.8, 4) is 0 Å². The van der Waals surface area contributed by atoms with Crippen molar-refractivity contribution in [2.75, 3.05) is 6.54 Å². The van der Waals surface area contributed by atoms with Crippen LogP contribution < -0.4 is 0 Å². The molecule has 0 aromatic heterocycles. The predicted octanol–water partition coefficient (Wildman–Crippen LogP) is 2.81. The van der Waals surface area contributed by atoms with E-state index in [1.165, 1.54) is 4.90 Å². The van der Waals surface area contributed by atoms with Crippen LogP contribution in [-0.4, -0.2) is 34.5 Å². The average molecular weight is 282 g/mol. The minimum atomic E-state index is -0.942. The SMILES string of the molecule is O=C(O)C1CCCCCN1C(=O)c1ccccc1Cl. The van der Waals surface area contributed by atoms with Crippen molar-refractivity contribution in [1.29, 1.82) is 0 Å². The normalized spacial score (nSPS) is 19.8. The van der Waals surface area contributed by atoms with Crippen LogP contribution in [0.4, 0.5) is 0 Å². The number of carboxylic acid groups (broad SMARTS) is 1. The first-order valence-electron chi connectivity index (χ1n) is 6.39. The summed E-state index contributed by atoms with van der Waals surface area (Å²) in [7, 11) is 0. The number of aliphatic carboxylic acids is 1. The molecule has 19 heavy (non-hydrogen) atoms. The van der Waals surface area contributed by atoms with Crippen LogP contribution in [-0.2, 0) is 4.79 Å². The van der Waals surface area contributed by atoms with Crippen LogP contribution in [0.3, 0.4) is 0 Å². The molecule has 2 rings (SSSR count). The molecule has 0 bridgehead atoms. The molecule has 1 aliphatic heterocycles. The Morgan fingerprint density at radius 1 is 1.21 bits per heavy atom. The number of likely N-dealkylation sites (tertiary alicyclic amines) is 1. The highest BCUT2D eigenvalue weighted by Crippen LogP contribution is 2.23. The molecule has 4 nitrogen and oxygen atoms in total. The summed E-state index contributed by atoms with van der Waals surface area (Å²) in [6.07, 6.45) is 3.13. The number of amides is 1. The quantitative estimate of drug-likeness (QED) is 0.907. The van der Waals surface area contributed by atoms with Gasteiger partial charge in [0, 0.05) is 6.54 Å². The Hall–Kier alpha value is -1.55. The third kappa shape index (κ3) is 3.07. The summed E-state index contributed by atoms with van der Waals surface area (Å²) in [4.78, 5) is 25.2. The van der Waals surface area contributed by atoms with Crippen molar-refractivity contribution in [3.05, 3.63) is 34.9 Å². The molecular formula is C14H16ClNO3. The van der Waals surface area contributed by atoms with Gasteiger partial charge >= 0.3 is 5.97 Å². The van der Waals surface area contributed by atoms with E-state index in [4.69, 9.17) is 11.6 Å². The lowest BCUT2D eigenvalue weighted by Gasteiger charge is -2.27. The molecule has 5 heteroatoms. The number of carbonyl (C=O) groups is 2. The molecule has 1 heterocycles. The van der Waals surface area contributed by atoms with Gasteiger partial charge in [-0.05, 0) is 25.0 Å². The van der Waals surface area contributed by atoms with E-state index in [1.54, 1.807) is 24.3 Å². The van der Waals surface area contributed by atoms with Crippen LogP contribution in [0.25, 0.3) is 0 Å². The van der Waals surface area contributed by atoms with Gasteiger partial charge < -0.3 is 10.0 Å². The Morgan fingerprint density at radius 2 is 1.95 bits per heavy atom. The molecular weight excluding hydrogens is 266 g/mol. The average Bonchev–Trinajstić information content (AvgIpc) is 2.64. The largest absolute Gasteiger partial charge is 0.480 e. The van der Waals surface area contributed by atoms with E-state index in [9.17, 15) is 14.7 Å². The second-order valence-corrected chi connectivity index (χ2v) is 5.09. The monoisotopic (exact) mass is 281 g/mol. The van der Waals surface area contributed by atoms with Crippen molar-refractivity contribution in [3.63, 3.8) is 0 Å².